The van der Waals surface area contributed by atoms with E-state index in [1.807, 2.05) is 122 Å². The molecule has 0 fully saturated rings. The molecule has 2 aromatic carbocycles. The van der Waals surface area contributed by atoms with Crippen LogP contribution >= 0.6 is 0 Å². The molecule has 7 heterocycles. The zero-order chi connectivity index (χ0) is 59.0. The molecule has 0 radical (unpaired) electrons. The van der Waals surface area contributed by atoms with E-state index in [4.69, 9.17) is 59.3 Å². The highest BCUT2D eigenvalue weighted by molar-refractivity contribution is 5.85. The number of ether oxygens (including phenoxy) is 5. The fourth-order valence-corrected chi connectivity index (χ4v) is 8.99. The predicted molar refractivity (Wildman–Crippen MR) is 314 cm³/mol. The summed E-state index contributed by atoms with van der Waals surface area (Å²) in [7, 11) is 3.31. The number of carbonyl (C=O) groups excluding carboxylic acids is 1. The highest BCUT2D eigenvalue weighted by atomic mass is 16.5. The standard InChI is InChI=1S/C29H33N7O3.C29H35N5O4.C2H6N2O/c1-7-38-29-23(9-8-14-30-29)24-15-25(28-27(18(2)3)32-20(5)36(28)33-24)35(17-26-31-19(4)34-39-26)16-21-10-12-22(37-6)13-11-21;1-7-37-26(35)18-33(17-21-11-13-22(36-6)14-12-21)25-16-24(23-10-9-15-30-29(23)38-8-2)32-34-20(5)31-27(19(3)4)28(25)34;1-2(3)4-5/h8-15,18H,7,16-17H2,1-6H3;9-16,19H,7-8,17-18H2,1-6H3;5H,1H3,(H2,3,4). The van der Waals surface area contributed by atoms with Crippen molar-refractivity contribution in [3.63, 3.8) is 0 Å². The zero-order valence-corrected chi connectivity index (χ0v) is 49.0. The molecule has 9 aromatic rings. The quantitative estimate of drug-likeness (QED) is 0.0223. The summed E-state index contributed by atoms with van der Waals surface area (Å²) < 4.78 is 37.1. The first-order valence-corrected chi connectivity index (χ1v) is 27.1. The van der Waals surface area contributed by atoms with Gasteiger partial charge in [0.1, 0.15) is 46.6 Å². The topological polar surface area (TPSA) is 253 Å². The second-order valence-corrected chi connectivity index (χ2v) is 19.5. The number of benzene rings is 2. The lowest BCUT2D eigenvalue weighted by molar-refractivity contribution is -0.141. The largest absolute Gasteiger partial charge is 0.497 e. The van der Waals surface area contributed by atoms with E-state index in [9.17, 15) is 4.79 Å². The summed E-state index contributed by atoms with van der Waals surface area (Å²) >= 11 is 0. The molecule has 432 valence electrons. The molecule has 9 rings (SSSR count). The van der Waals surface area contributed by atoms with Gasteiger partial charge in [-0.05, 0) is 132 Å². The van der Waals surface area contributed by atoms with E-state index in [-0.39, 0.29) is 30.2 Å². The minimum absolute atomic E-state index is 0.0616. The minimum atomic E-state index is -0.309. The summed E-state index contributed by atoms with van der Waals surface area (Å²) in [6, 6.07) is 27.6. The first kappa shape index (κ1) is 60.3. The van der Waals surface area contributed by atoms with Gasteiger partial charge in [0, 0.05) is 25.5 Å². The van der Waals surface area contributed by atoms with E-state index in [0.717, 1.165) is 84.9 Å². The van der Waals surface area contributed by atoms with Crippen LogP contribution in [0.25, 0.3) is 33.5 Å². The fraction of sp³-hybridized carbons (Fsp3) is 0.367. The zero-order valence-electron chi connectivity index (χ0n) is 49.0. The lowest BCUT2D eigenvalue weighted by Gasteiger charge is -2.26. The van der Waals surface area contributed by atoms with Gasteiger partial charge in [0.05, 0.1) is 85.9 Å². The van der Waals surface area contributed by atoms with Crippen molar-refractivity contribution < 1.29 is 38.2 Å². The summed E-state index contributed by atoms with van der Waals surface area (Å²) in [6.07, 6.45) is 3.42. The van der Waals surface area contributed by atoms with Gasteiger partial charge >= 0.3 is 5.97 Å². The molecule has 0 aliphatic carbocycles. The maximum Gasteiger partial charge on any atom is 0.325 e. The third-order valence-electron chi connectivity index (χ3n) is 12.7. The SMILES string of the molecule is C/C(N)=N/O.CCOC(=O)CN(Cc1ccc(OC)cc1)c1cc(-c2cccnc2OCC)nn2c(C)nc(C(C)C)c12.CCOc1ncccc1-c1cc(N(Cc2ccc(OC)cc2)Cc2nc(C)no2)c2c(C(C)C)nc(C)n2n1. The Bertz CT molecular complexity index is 3570. The van der Waals surface area contributed by atoms with Crippen LogP contribution < -0.4 is 34.5 Å². The van der Waals surface area contributed by atoms with Crippen LogP contribution in [0, 0.1) is 20.8 Å². The smallest absolute Gasteiger partial charge is 0.325 e. The molecule has 7 aromatic heterocycles. The molecule has 0 aliphatic rings. The van der Waals surface area contributed by atoms with Crippen molar-refractivity contribution >= 4 is 34.2 Å². The van der Waals surface area contributed by atoms with Crippen LogP contribution in [-0.2, 0) is 29.2 Å². The predicted octanol–water partition coefficient (Wildman–Crippen LogP) is 10.5. The molecule has 0 unspecified atom stereocenters. The molecular formula is C60H74N14O8. The molecule has 0 bridgehead atoms. The third-order valence-corrected chi connectivity index (χ3v) is 12.7. The number of nitrogens with zero attached hydrogens (tertiary/aromatic N) is 13. The summed E-state index contributed by atoms with van der Waals surface area (Å²) in [6.45, 7) is 24.2. The molecular weight excluding hydrogens is 1040 g/mol. The number of fused-ring (bicyclic) bond motifs is 2. The minimum Gasteiger partial charge on any atom is -0.497 e. The number of esters is 1. The lowest BCUT2D eigenvalue weighted by atomic mass is 10.1. The Labute approximate surface area is 477 Å². The number of hydrogen-bond acceptors (Lipinski definition) is 19. The first-order chi connectivity index (χ1) is 39.5. The van der Waals surface area contributed by atoms with Gasteiger partial charge in [-0.1, -0.05) is 62.3 Å². The average Bonchev–Trinajstić information content (AvgIpc) is 4.37. The molecule has 0 spiro atoms. The Balaban J connectivity index is 0.000000218. The van der Waals surface area contributed by atoms with Gasteiger partial charge in [-0.25, -0.2) is 29.0 Å². The van der Waals surface area contributed by atoms with Crippen molar-refractivity contribution in [3.8, 4) is 45.8 Å². The Hall–Kier alpha value is -9.34. The molecule has 0 aliphatic heterocycles. The van der Waals surface area contributed by atoms with Gasteiger partial charge in [0.25, 0.3) is 0 Å². The van der Waals surface area contributed by atoms with Crippen molar-refractivity contribution in [3.05, 3.63) is 143 Å². The molecule has 0 amide bonds. The fourth-order valence-electron chi connectivity index (χ4n) is 8.99. The summed E-state index contributed by atoms with van der Waals surface area (Å²) in [5.74, 6) is 5.50. The van der Waals surface area contributed by atoms with Gasteiger partial charge in [-0.3, -0.25) is 4.79 Å². The van der Waals surface area contributed by atoms with Gasteiger partial charge in [0.2, 0.25) is 17.7 Å². The maximum atomic E-state index is 12.8. The third kappa shape index (κ3) is 14.7. The number of carbonyl (C=O) groups is 1. The number of amidine groups is 1. The van der Waals surface area contributed by atoms with E-state index in [1.54, 1.807) is 26.6 Å². The highest BCUT2D eigenvalue weighted by Crippen LogP contribution is 2.38. The van der Waals surface area contributed by atoms with E-state index < -0.39 is 0 Å². The second kappa shape index (κ2) is 28.2. The average molecular weight is 1120 g/mol. The van der Waals surface area contributed by atoms with Crippen LogP contribution in [-0.4, -0.2) is 107 Å². The lowest BCUT2D eigenvalue weighted by Crippen LogP contribution is -2.31. The van der Waals surface area contributed by atoms with Crippen molar-refractivity contribution in [1.29, 1.82) is 0 Å². The molecule has 0 saturated heterocycles. The number of rotatable bonds is 21. The number of imidazole rings is 2. The van der Waals surface area contributed by atoms with E-state index >= 15 is 0 Å². The summed E-state index contributed by atoms with van der Waals surface area (Å²) in [5, 5.41) is 24.2. The van der Waals surface area contributed by atoms with Gasteiger partial charge in [-0.15, -0.1) is 0 Å². The van der Waals surface area contributed by atoms with Crippen LogP contribution in [0.1, 0.15) is 113 Å². The molecule has 82 heavy (non-hydrogen) atoms. The van der Waals surface area contributed by atoms with E-state index in [2.05, 4.69) is 76.1 Å². The number of nitrogens with two attached hydrogens (primary N) is 1. The number of pyridine rings is 2. The number of methoxy groups -OCH3 is 2. The van der Waals surface area contributed by atoms with Crippen LogP contribution in [0.15, 0.2) is 107 Å². The molecule has 22 nitrogen and oxygen atoms in total. The number of anilines is 2. The van der Waals surface area contributed by atoms with Crippen molar-refractivity contribution in [2.24, 2.45) is 10.9 Å². The van der Waals surface area contributed by atoms with E-state index in [1.165, 1.54) is 6.92 Å². The van der Waals surface area contributed by atoms with E-state index in [0.29, 0.717) is 68.6 Å². The number of aromatic nitrogens is 10. The molecule has 0 saturated carbocycles. The van der Waals surface area contributed by atoms with Crippen LogP contribution in [0.5, 0.6) is 23.3 Å². The Morgan fingerprint density at radius 1 is 0.671 bits per heavy atom. The normalized spacial score (nSPS) is 11.3. The van der Waals surface area contributed by atoms with Crippen molar-refractivity contribution in [2.75, 3.05) is 50.4 Å². The second-order valence-electron chi connectivity index (χ2n) is 19.5. The molecule has 3 N–H and O–H groups in total. The summed E-state index contributed by atoms with van der Waals surface area (Å²) in [4.78, 5) is 40.2. The first-order valence-electron chi connectivity index (χ1n) is 27.1. The van der Waals surface area contributed by atoms with Crippen LogP contribution in [0.3, 0.4) is 0 Å². The van der Waals surface area contributed by atoms with Gasteiger partial charge in [-0.2, -0.15) is 15.2 Å². The highest BCUT2D eigenvalue weighted by Gasteiger charge is 2.27. The van der Waals surface area contributed by atoms with Crippen LogP contribution in [0.4, 0.5) is 11.4 Å². The Morgan fingerprint density at radius 3 is 1.51 bits per heavy atom. The molecule has 22 heteroatoms. The Morgan fingerprint density at radius 2 is 1.12 bits per heavy atom. The van der Waals surface area contributed by atoms with Crippen molar-refractivity contribution in [1.82, 2.24) is 49.3 Å². The monoisotopic (exact) mass is 1120 g/mol. The molecule has 0 atom stereocenters. The van der Waals surface area contributed by atoms with Gasteiger partial charge in [0.15, 0.2) is 5.82 Å². The number of oxime groups is 1. The van der Waals surface area contributed by atoms with Gasteiger partial charge < -0.3 is 48.9 Å². The number of hydrogen-bond donors (Lipinski definition) is 2. The van der Waals surface area contributed by atoms with Crippen molar-refractivity contribution in [2.45, 2.75) is 108 Å². The number of aryl methyl sites for hydroxylation is 3. The Kier molecular flexibility index (Phi) is 20.7. The summed E-state index contributed by atoms with van der Waals surface area (Å²) in [5.41, 5.74) is 15.3. The van der Waals surface area contributed by atoms with Crippen LogP contribution in [0.2, 0.25) is 0 Å². The maximum absolute atomic E-state index is 12.8.